The van der Waals surface area contributed by atoms with E-state index in [2.05, 4.69) is 20.9 Å². The predicted molar refractivity (Wildman–Crippen MR) is 47.3 cm³/mol. The molecule has 0 amide bonds. The Morgan fingerprint density at radius 3 is 2.31 bits per heavy atom. The summed E-state index contributed by atoms with van der Waals surface area (Å²) >= 11 is 2.50. The van der Waals surface area contributed by atoms with E-state index in [-0.39, 0.29) is 6.29 Å². The van der Waals surface area contributed by atoms with Gasteiger partial charge in [-0.3, -0.25) is 4.79 Å². The van der Waals surface area contributed by atoms with Crippen LogP contribution in [0.3, 0.4) is 0 Å². The van der Waals surface area contributed by atoms with Gasteiger partial charge in [-0.2, -0.15) is 13.2 Å². The van der Waals surface area contributed by atoms with Gasteiger partial charge in [0.05, 0.1) is 5.56 Å². The second kappa shape index (κ2) is 4.44. The van der Waals surface area contributed by atoms with Crippen molar-refractivity contribution in [3.05, 3.63) is 27.5 Å². The summed E-state index contributed by atoms with van der Waals surface area (Å²) in [5, 5.41) is 0. The van der Waals surface area contributed by atoms with Crippen LogP contribution in [0.5, 0.6) is 0 Å². The Bertz CT molecular complexity index is 418. The second-order valence-electron chi connectivity index (χ2n) is 2.72. The van der Waals surface area contributed by atoms with Crippen LogP contribution in [-0.2, 0) is 6.18 Å². The number of carbonyl (C=O) groups is 1. The van der Waals surface area contributed by atoms with Gasteiger partial charge in [-0.05, 0) is 22.0 Å². The Morgan fingerprint density at radius 2 is 1.94 bits per heavy atom. The van der Waals surface area contributed by atoms with Crippen LogP contribution in [0.2, 0.25) is 0 Å². The molecule has 1 rings (SSSR count). The van der Waals surface area contributed by atoms with Crippen LogP contribution in [-0.4, -0.2) is 11.3 Å². The molecule has 88 valence electrons. The molecule has 16 heavy (non-hydrogen) atoms. The Labute approximate surface area is 94.6 Å². The highest BCUT2D eigenvalue weighted by molar-refractivity contribution is 9.10. The second-order valence-corrected chi connectivity index (χ2v) is 3.47. The highest BCUT2D eigenvalue weighted by Gasteiger charge is 2.36. The van der Waals surface area contributed by atoms with Crippen molar-refractivity contribution in [2.24, 2.45) is 0 Å². The summed E-state index contributed by atoms with van der Waals surface area (Å²) in [6, 6.07) is 0.470. The zero-order valence-electron chi connectivity index (χ0n) is 7.36. The first-order chi connectivity index (χ1) is 7.27. The zero-order chi connectivity index (χ0) is 12.5. The van der Waals surface area contributed by atoms with Crippen molar-refractivity contribution in [3.8, 4) is 0 Å². The van der Waals surface area contributed by atoms with E-state index >= 15 is 0 Å². The SMILES string of the molecule is O=Cc1cc(C(F)F)c(Br)nc1C(F)(F)F. The summed E-state index contributed by atoms with van der Waals surface area (Å²) in [7, 11) is 0. The smallest absolute Gasteiger partial charge is 0.298 e. The molecular formula is C8H3BrF5NO. The van der Waals surface area contributed by atoms with Gasteiger partial charge in [-0.1, -0.05) is 0 Å². The maximum absolute atomic E-state index is 12.3. The number of halogens is 6. The van der Waals surface area contributed by atoms with Crippen molar-refractivity contribution >= 4 is 22.2 Å². The quantitative estimate of drug-likeness (QED) is 0.474. The first-order valence-corrected chi connectivity index (χ1v) is 4.57. The molecule has 1 aromatic heterocycles. The molecule has 0 unspecified atom stereocenters. The third-order valence-corrected chi connectivity index (χ3v) is 2.30. The van der Waals surface area contributed by atoms with E-state index in [9.17, 15) is 26.7 Å². The molecular weight excluding hydrogens is 301 g/mol. The molecule has 0 fully saturated rings. The molecule has 0 spiro atoms. The topological polar surface area (TPSA) is 30.0 Å². The number of hydrogen-bond donors (Lipinski definition) is 0. The van der Waals surface area contributed by atoms with Gasteiger partial charge in [0.1, 0.15) is 4.60 Å². The molecule has 0 aliphatic heterocycles. The van der Waals surface area contributed by atoms with Crippen molar-refractivity contribution in [2.45, 2.75) is 12.6 Å². The number of rotatable bonds is 2. The maximum Gasteiger partial charge on any atom is 0.434 e. The standard InChI is InChI=1S/C8H3BrF5NO/c9-6-4(7(10)11)1-3(2-16)5(15-6)8(12,13)14/h1-2,7H. The fraction of sp³-hybridized carbons (Fsp3) is 0.250. The number of pyridine rings is 1. The van der Waals surface area contributed by atoms with Gasteiger partial charge < -0.3 is 0 Å². The number of carbonyl (C=O) groups excluding carboxylic acids is 1. The number of alkyl halides is 5. The third-order valence-electron chi connectivity index (χ3n) is 1.66. The average molecular weight is 304 g/mol. The molecule has 0 atom stereocenters. The lowest BCUT2D eigenvalue weighted by molar-refractivity contribution is -0.141. The van der Waals surface area contributed by atoms with Crippen LogP contribution in [0, 0.1) is 0 Å². The van der Waals surface area contributed by atoms with E-state index in [1.807, 2.05) is 0 Å². The average Bonchev–Trinajstić information content (AvgIpc) is 2.15. The minimum Gasteiger partial charge on any atom is -0.298 e. The zero-order valence-corrected chi connectivity index (χ0v) is 8.94. The fourth-order valence-electron chi connectivity index (χ4n) is 0.993. The van der Waals surface area contributed by atoms with E-state index in [4.69, 9.17) is 0 Å². The molecule has 1 heterocycles. The van der Waals surface area contributed by atoms with Crippen LogP contribution in [0.4, 0.5) is 22.0 Å². The first kappa shape index (κ1) is 13.0. The van der Waals surface area contributed by atoms with Gasteiger partial charge in [-0.15, -0.1) is 0 Å². The maximum atomic E-state index is 12.3. The Morgan fingerprint density at radius 1 is 1.38 bits per heavy atom. The Hall–Kier alpha value is -1.05. The van der Waals surface area contributed by atoms with E-state index in [0.717, 1.165) is 0 Å². The molecule has 0 N–H and O–H groups in total. The van der Waals surface area contributed by atoms with E-state index < -0.39 is 34.0 Å². The van der Waals surface area contributed by atoms with Crippen molar-refractivity contribution in [3.63, 3.8) is 0 Å². The Balaban J connectivity index is 3.44. The van der Waals surface area contributed by atoms with Gasteiger partial charge in [0.15, 0.2) is 12.0 Å². The lowest BCUT2D eigenvalue weighted by Crippen LogP contribution is -2.13. The lowest BCUT2D eigenvalue weighted by atomic mass is 10.1. The van der Waals surface area contributed by atoms with Gasteiger partial charge in [0, 0.05) is 5.56 Å². The van der Waals surface area contributed by atoms with Crippen LogP contribution in [0.1, 0.15) is 28.0 Å². The van der Waals surface area contributed by atoms with Gasteiger partial charge in [0.2, 0.25) is 0 Å². The minimum absolute atomic E-state index is 0.159. The summed E-state index contributed by atoms with van der Waals surface area (Å²) < 4.78 is 60.9. The first-order valence-electron chi connectivity index (χ1n) is 3.78. The van der Waals surface area contributed by atoms with Crippen molar-refractivity contribution in [1.29, 1.82) is 0 Å². The molecule has 0 aliphatic rings. The number of nitrogens with zero attached hydrogens (tertiary/aromatic N) is 1. The van der Waals surface area contributed by atoms with Crippen LogP contribution < -0.4 is 0 Å². The van der Waals surface area contributed by atoms with Gasteiger partial charge in [0.25, 0.3) is 6.43 Å². The number of aldehydes is 1. The van der Waals surface area contributed by atoms with E-state index in [1.54, 1.807) is 0 Å². The largest absolute Gasteiger partial charge is 0.434 e. The summed E-state index contributed by atoms with van der Waals surface area (Å²) in [4.78, 5) is 13.3. The van der Waals surface area contributed by atoms with Crippen LogP contribution >= 0.6 is 15.9 Å². The lowest BCUT2D eigenvalue weighted by Gasteiger charge is -2.11. The molecule has 0 aliphatic carbocycles. The molecule has 0 bridgehead atoms. The summed E-state index contributed by atoms with van der Waals surface area (Å²) in [5.74, 6) is 0. The van der Waals surface area contributed by atoms with Crippen LogP contribution in [0.25, 0.3) is 0 Å². The number of hydrogen-bond acceptors (Lipinski definition) is 2. The van der Waals surface area contributed by atoms with Crippen molar-refractivity contribution in [1.82, 2.24) is 4.98 Å². The van der Waals surface area contributed by atoms with Gasteiger partial charge in [-0.25, -0.2) is 13.8 Å². The molecule has 0 aromatic carbocycles. The molecule has 1 aromatic rings. The van der Waals surface area contributed by atoms with Crippen molar-refractivity contribution < 1.29 is 26.7 Å². The molecule has 8 heteroatoms. The van der Waals surface area contributed by atoms with Crippen molar-refractivity contribution in [2.75, 3.05) is 0 Å². The molecule has 0 saturated heterocycles. The monoisotopic (exact) mass is 303 g/mol. The molecule has 0 radical (unpaired) electrons. The summed E-state index contributed by atoms with van der Waals surface area (Å²) in [6.45, 7) is 0. The fourth-order valence-corrected chi connectivity index (χ4v) is 1.46. The minimum atomic E-state index is -4.86. The summed E-state index contributed by atoms with van der Waals surface area (Å²) in [6.07, 6.45) is -8.03. The van der Waals surface area contributed by atoms with Crippen LogP contribution in [0.15, 0.2) is 10.7 Å². The molecule has 0 saturated carbocycles. The molecule has 2 nitrogen and oxygen atoms in total. The number of aromatic nitrogens is 1. The Kier molecular flexibility index (Phi) is 3.61. The van der Waals surface area contributed by atoms with Gasteiger partial charge >= 0.3 is 6.18 Å². The normalized spacial score (nSPS) is 11.9. The third kappa shape index (κ3) is 2.55. The van der Waals surface area contributed by atoms with E-state index in [1.165, 1.54) is 0 Å². The highest BCUT2D eigenvalue weighted by Crippen LogP contribution is 2.34. The highest BCUT2D eigenvalue weighted by atomic mass is 79.9. The predicted octanol–water partition coefficient (Wildman–Crippen LogP) is 3.61. The van der Waals surface area contributed by atoms with E-state index in [0.29, 0.717) is 6.07 Å². The summed E-state index contributed by atoms with van der Waals surface area (Å²) in [5.41, 5.74) is -3.15.